The Balaban J connectivity index is 2.55. The van der Waals surface area contributed by atoms with Crippen LogP contribution in [0, 0.1) is 5.41 Å². The van der Waals surface area contributed by atoms with Crippen LogP contribution in [0.1, 0.15) is 12.8 Å². The maximum absolute atomic E-state index is 9.63. The molecule has 0 radical (unpaired) electrons. The standard InChI is InChI=1S/C8H13N5O2/c9-5-6(10)13(15)8(7(14)11-5)12-3-1-2-4-12/h10,14-15H,1-4H2,(H2,9,11). The first-order valence-corrected chi connectivity index (χ1v) is 4.71. The molecule has 1 saturated heterocycles. The zero-order chi connectivity index (χ0) is 11.0. The van der Waals surface area contributed by atoms with Gasteiger partial charge in [-0.1, -0.05) is 0 Å². The van der Waals surface area contributed by atoms with Gasteiger partial charge in [0.05, 0.1) is 0 Å². The van der Waals surface area contributed by atoms with Gasteiger partial charge in [0.1, 0.15) is 0 Å². The lowest BCUT2D eigenvalue weighted by Gasteiger charge is -2.20. The molecule has 7 heteroatoms. The SMILES string of the molecule is N=c1c(N)nc(O)c(N2CCCC2)n1O. The summed E-state index contributed by atoms with van der Waals surface area (Å²) in [5, 5.41) is 26.6. The summed E-state index contributed by atoms with van der Waals surface area (Å²) >= 11 is 0. The van der Waals surface area contributed by atoms with Crippen LogP contribution in [-0.4, -0.2) is 33.1 Å². The van der Waals surface area contributed by atoms with Crippen LogP contribution >= 0.6 is 0 Å². The van der Waals surface area contributed by atoms with E-state index in [4.69, 9.17) is 11.1 Å². The van der Waals surface area contributed by atoms with Gasteiger partial charge in [0.25, 0.3) is 5.88 Å². The highest BCUT2D eigenvalue weighted by Crippen LogP contribution is 2.26. The maximum atomic E-state index is 9.63. The summed E-state index contributed by atoms with van der Waals surface area (Å²) in [5.41, 5.74) is 5.02. The number of hydrogen-bond donors (Lipinski definition) is 4. The summed E-state index contributed by atoms with van der Waals surface area (Å²) < 4.78 is 0.572. The Morgan fingerprint density at radius 1 is 1.33 bits per heavy atom. The molecular weight excluding hydrogens is 198 g/mol. The first kappa shape index (κ1) is 9.63. The molecule has 1 fully saturated rings. The molecule has 1 aliphatic rings. The van der Waals surface area contributed by atoms with Crippen molar-refractivity contribution >= 4 is 11.6 Å². The van der Waals surface area contributed by atoms with Gasteiger partial charge in [0.15, 0.2) is 5.82 Å². The maximum Gasteiger partial charge on any atom is 0.258 e. The van der Waals surface area contributed by atoms with E-state index in [1.54, 1.807) is 4.90 Å². The lowest BCUT2D eigenvalue weighted by molar-refractivity contribution is 0.170. The molecule has 2 heterocycles. The van der Waals surface area contributed by atoms with Crippen molar-refractivity contribution in [3.8, 4) is 5.88 Å². The first-order valence-electron chi connectivity index (χ1n) is 4.71. The van der Waals surface area contributed by atoms with Gasteiger partial charge < -0.3 is 20.9 Å². The normalized spacial score (nSPS) is 15.9. The van der Waals surface area contributed by atoms with E-state index in [9.17, 15) is 10.3 Å². The molecular formula is C8H13N5O2. The number of nitrogen functional groups attached to an aromatic ring is 1. The molecule has 1 aromatic rings. The molecule has 82 valence electrons. The molecule has 0 aromatic carbocycles. The molecule has 0 atom stereocenters. The Bertz CT molecular complexity index is 435. The molecule has 0 amide bonds. The van der Waals surface area contributed by atoms with E-state index in [1.165, 1.54) is 0 Å². The van der Waals surface area contributed by atoms with Gasteiger partial charge in [-0.15, -0.1) is 4.73 Å². The van der Waals surface area contributed by atoms with E-state index in [1.807, 2.05) is 0 Å². The van der Waals surface area contributed by atoms with E-state index in [-0.39, 0.29) is 23.0 Å². The minimum Gasteiger partial charge on any atom is -0.491 e. The van der Waals surface area contributed by atoms with Crippen molar-refractivity contribution in [2.45, 2.75) is 12.8 Å². The number of aromatic nitrogens is 2. The summed E-state index contributed by atoms with van der Waals surface area (Å²) in [6, 6.07) is 0. The molecule has 0 aliphatic carbocycles. The van der Waals surface area contributed by atoms with Gasteiger partial charge in [0, 0.05) is 13.1 Å². The van der Waals surface area contributed by atoms with Crippen LogP contribution in [0.25, 0.3) is 0 Å². The Kier molecular flexibility index (Phi) is 2.14. The van der Waals surface area contributed by atoms with Crippen LogP contribution < -0.4 is 16.1 Å². The minimum absolute atomic E-state index is 0.145. The van der Waals surface area contributed by atoms with Crippen molar-refractivity contribution in [3.05, 3.63) is 5.49 Å². The van der Waals surface area contributed by atoms with E-state index in [0.717, 1.165) is 25.9 Å². The van der Waals surface area contributed by atoms with Crippen molar-refractivity contribution in [2.24, 2.45) is 0 Å². The van der Waals surface area contributed by atoms with Crippen LogP contribution in [0.4, 0.5) is 11.6 Å². The molecule has 15 heavy (non-hydrogen) atoms. The number of nitrogens with one attached hydrogen (secondary N) is 1. The summed E-state index contributed by atoms with van der Waals surface area (Å²) in [7, 11) is 0. The average Bonchev–Trinajstić information content (AvgIpc) is 2.68. The van der Waals surface area contributed by atoms with Crippen molar-refractivity contribution in [3.63, 3.8) is 0 Å². The number of rotatable bonds is 1. The molecule has 1 aromatic heterocycles. The van der Waals surface area contributed by atoms with Crippen LogP contribution in [-0.2, 0) is 0 Å². The largest absolute Gasteiger partial charge is 0.491 e. The average molecular weight is 211 g/mol. The summed E-state index contributed by atoms with van der Waals surface area (Å²) in [5.74, 6) is -0.391. The first-order chi connectivity index (χ1) is 7.11. The predicted octanol–water partition coefficient (Wildman–Crippen LogP) is -0.512. The molecule has 0 spiro atoms. The quantitative estimate of drug-likeness (QED) is 0.467. The van der Waals surface area contributed by atoms with Crippen LogP contribution in [0.2, 0.25) is 0 Å². The smallest absolute Gasteiger partial charge is 0.258 e. The lowest BCUT2D eigenvalue weighted by Crippen LogP contribution is -2.30. The monoisotopic (exact) mass is 211 g/mol. The van der Waals surface area contributed by atoms with E-state index in [2.05, 4.69) is 4.98 Å². The minimum atomic E-state index is -0.340. The Morgan fingerprint density at radius 3 is 2.53 bits per heavy atom. The van der Waals surface area contributed by atoms with Gasteiger partial charge in [-0.3, -0.25) is 5.41 Å². The van der Waals surface area contributed by atoms with Crippen molar-refractivity contribution < 1.29 is 10.3 Å². The summed E-state index contributed by atoms with van der Waals surface area (Å²) in [4.78, 5) is 5.38. The third kappa shape index (κ3) is 1.45. The zero-order valence-corrected chi connectivity index (χ0v) is 8.14. The van der Waals surface area contributed by atoms with E-state index in [0.29, 0.717) is 4.73 Å². The highest BCUT2D eigenvalue weighted by Gasteiger charge is 2.21. The second-order valence-electron chi connectivity index (χ2n) is 3.50. The van der Waals surface area contributed by atoms with E-state index >= 15 is 0 Å². The van der Waals surface area contributed by atoms with Gasteiger partial charge in [0.2, 0.25) is 11.3 Å². The van der Waals surface area contributed by atoms with Crippen LogP contribution in [0.15, 0.2) is 0 Å². The zero-order valence-electron chi connectivity index (χ0n) is 8.14. The summed E-state index contributed by atoms with van der Waals surface area (Å²) in [6.07, 6.45) is 1.99. The van der Waals surface area contributed by atoms with Crippen LogP contribution in [0.3, 0.4) is 0 Å². The highest BCUT2D eigenvalue weighted by atomic mass is 16.5. The Morgan fingerprint density at radius 2 is 1.93 bits per heavy atom. The van der Waals surface area contributed by atoms with Crippen LogP contribution in [0.5, 0.6) is 5.88 Å². The Labute approximate surface area is 85.9 Å². The fourth-order valence-electron chi connectivity index (χ4n) is 1.73. The molecule has 0 bridgehead atoms. The fourth-order valence-corrected chi connectivity index (χ4v) is 1.73. The molecule has 1 aliphatic heterocycles. The van der Waals surface area contributed by atoms with Gasteiger partial charge in [-0.05, 0) is 12.8 Å². The third-order valence-electron chi connectivity index (χ3n) is 2.49. The molecule has 0 saturated carbocycles. The van der Waals surface area contributed by atoms with Crippen molar-refractivity contribution in [2.75, 3.05) is 23.7 Å². The highest BCUT2D eigenvalue weighted by molar-refractivity contribution is 5.51. The Hall–Kier alpha value is -1.92. The third-order valence-corrected chi connectivity index (χ3v) is 2.49. The molecule has 0 unspecified atom stereocenters. The number of aromatic hydroxyl groups is 1. The topological polar surface area (TPSA) is 111 Å². The number of nitrogens with two attached hydrogens (primary N) is 1. The second kappa shape index (κ2) is 3.34. The van der Waals surface area contributed by atoms with E-state index < -0.39 is 0 Å². The fraction of sp³-hybridized carbons (Fsp3) is 0.500. The number of nitrogens with zero attached hydrogens (tertiary/aromatic N) is 3. The number of hydrogen-bond acceptors (Lipinski definition) is 6. The molecule has 7 nitrogen and oxygen atoms in total. The van der Waals surface area contributed by atoms with Gasteiger partial charge in [-0.25, -0.2) is 0 Å². The second-order valence-corrected chi connectivity index (χ2v) is 3.50. The molecule has 5 N–H and O–H groups in total. The number of anilines is 2. The van der Waals surface area contributed by atoms with Gasteiger partial charge >= 0.3 is 0 Å². The van der Waals surface area contributed by atoms with Gasteiger partial charge in [-0.2, -0.15) is 4.98 Å². The van der Waals surface area contributed by atoms with Crippen molar-refractivity contribution in [1.82, 2.24) is 9.71 Å². The summed E-state index contributed by atoms with van der Waals surface area (Å²) in [6.45, 7) is 1.47. The van der Waals surface area contributed by atoms with Crippen molar-refractivity contribution in [1.29, 1.82) is 5.41 Å². The lowest BCUT2D eigenvalue weighted by atomic mass is 10.4. The predicted molar refractivity (Wildman–Crippen MR) is 52.8 cm³/mol. The molecule has 2 rings (SSSR count).